The average Bonchev–Trinajstić information content (AvgIpc) is 2.35. The zero-order valence-corrected chi connectivity index (χ0v) is 10.7. The maximum absolute atomic E-state index is 11.8. The van der Waals surface area contributed by atoms with Gasteiger partial charge in [-0.2, -0.15) is 0 Å². The second kappa shape index (κ2) is 6.04. The summed E-state index contributed by atoms with van der Waals surface area (Å²) in [5.74, 6) is -0.0389. The first-order valence-electron chi connectivity index (χ1n) is 5.70. The van der Waals surface area contributed by atoms with Crippen LogP contribution in [-0.2, 0) is 4.79 Å². The summed E-state index contributed by atoms with van der Waals surface area (Å²) in [6, 6.07) is 8.17. The molecule has 1 rings (SSSR count). The van der Waals surface area contributed by atoms with Crippen LogP contribution in [0, 0.1) is 6.92 Å². The lowest BCUT2D eigenvalue weighted by molar-refractivity contribution is -0.117. The molecule has 1 aromatic rings. The highest BCUT2D eigenvalue weighted by Crippen LogP contribution is 2.18. The monoisotopic (exact) mass is 229 g/mol. The quantitative estimate of drug-likeness (QED) is 0.624. The summed E-state index contributed by atoms with van der Waals surface area (Å²) in [6.07, 6.45) is 1.67. The van der Waals surface area contributed by atoms with Crippen LogP contribution in [0.15, 0.2) is 42.5 Å². The van der Waals surface area contributed by atoms with Crippen LogP contribution >= 0.6 is 0 Å². The van der Waals surface area contributed by atoms with Crippen LogP contribution in [0.1, 0.15) is 25.0 Å². The topological polar surface area (TPSA) is 29.1 Å². The Morgan fingerprint density at radius 3 is 2.41 bits per heavy atom. The van der Waals surface area contributed by atoms with Crippen molar-refractivity contribution in [3.05, 3.63) is 53.6 Å². The van der Waals surface area contributed by atoms with Crippen LogP contribution < -0.4 is 5.32 Å². The number of aryl methyl sites for hydroxylation is 1. The number of benzene rings is 1. The van der Waals surface area contributed by atoms with Gasteiger partial charge in [-0.1, -0.05) is 35.9 Å². The van der Waals surface area contributed by atoms with Crippen LogP contribution in [-0.4, -0.2) is 12.5 Å². The van der Waals surface area contributed by atoms with Crippen LogP contribution in [0.4, 0.5) is 0 Å². The van der Waals surface area contributed by atoms with Crippen molar-refractivity contribution in [1.29, 1.82) is 0 Å². The Hall–Kier alpha value is -1.83. The molecule has 90 valence electrons. The summed E-state index contributed by atoms with van der Waals surface area (Å²) in [5, 5.41) is 2.78. The predicted octanol–water partition coefficient (Wildman–Crippen LogP) is 3.09. The van der Waals surface area contributed by atoms with E-state index < -0.39 is 0 Å². The van der Waals surface area contributed by atoms with E-state index in [9.17, 15) is 4.79 Å². The molecule has 2 nitrogen and oxygen atoms in total. The number of rotatable bonds is 4. The van der Waals surface area contributed by atoms with Gasteiger partial charge in [0.25, 0.3) is 0 Å². The Morgan fingerprint density at radius 1 is 1.29 bits per heavy atom. The highest BCUT2D eigenvalue weighted by Gasteiger charge is 2.07. The van der Waals surface area contributed by atoms with Crippen LogP contribution in [0.2, 0.25) is 0 Å². The Kier molecular flexibility index (Phi) is 4.70. The summed E-state index contributed by atoms with van der Waals surface area (Å²) in [7, 11) is 0. The van der Waals surface area contributed by atoms with E-state index in [4.69, 9.17) is 0 Å². The average molecular weight is 229 g/mol. The molecule has 0 atom stereocenters. The van der Waals surface area contributed by atoms with E-state index in [1.807, 2.05) is 45.0 Å². The summed E-state index contributed by atoms with van der Waals surface area (Å²) in [5.41, 5.74) is 4.06. The molecule has 0 spiro atoms. The second-order valence-electron chi connectivity index (χ2n) is 4.11. The maximum atomic E-state index is 11.8. The van der Waals surface area contributed by atoms with E-state index in [0.29, 0.717) is 6.54 Å². The van der Waals surface area contributed by atoms with Gasteiger partial charge in [0.15, 0.2) is 0 Å². The molecule has 1 aromatic carbocycles. The van der Waals surface area contributed by atoms with E-state index in [1.165, 1.54) is 5.56 Å². The van der Waals surface area contributed by atoms with Gasteiger partial charge in [0.05, 0.1) is 0 Å². The Bertz CT molecular complexity index is 440. The van der Waals surface area contributed by atoms with Crippen molar-refractivity contribution in [2.45, 2.75) is 20.8 Å². The highest BCUT2D eigenvalue weighted by molar-refractivity contribution is 6.00. The van der Waals surface area contributed by atoms with E-state index in [-0.39, 0.29) is 5.91 Å². The lowest BCUT2D eigenvalue weighted by Gasteiger charge is -2.08. The third-order valence-corrected chi connectivity index (χ3v) is 2.79. The molecule has 1 N–H and O–H groups in total. The first-order valence-corrected chi connectivity index (χ1v) is 5.70. The minimum absolute atomic E-state index is 0.0389. The number of carbonyl (C=O) groups excluding carboxylic acids is 1. The molecule has 0 saturated heterocycles. The minimum Gasteiger partial charge on any atom is -0.349 e. The van der Waals surface area contributed by atoms with E-state index >= 15 is 0 Å². The highest BCUT2D eigenvalue weighted by atomic mass is 16.1. The van der Waals surface area contributed by atoms with E-state index in [0.717, 1.165) is 16.7 Å². The summed E-state index contributed by atoms with van der Waals surface area (Å²) in [6.45, 7) is 9.93. The number of hydrogen-bond donors (Lipinski definition) is 1. The number of nitrogens with one attached hydrogen (secondary N) is 1. The van der Waals surface area contributed by atoms with Crippen molar-refractivity contribution in [3.63, 3.8) is 0 Å². The first-order chi connectivity index (χ1) is 8.06. The fourth-order valence-electron chi connectivity index (χ4n) is 1.49. The molecule has 0 heterocycles. The maximum Gasteiger partial charge on any atom is 0.247 e. The molecule has 0 aliphatic heterocycles. The summed E-state index contributed by atoms with van der Waals surface area (Å²) in [4.78, 5) is 11.8. The molecular formula is C15H19NO. The normalized spacial score (nSPS) is 11.7. The van der Waals surface area contributed by atoms with Gasteiger partial charge in [-0.15, -0.1) is 6.58 Å². The number of hydrogen-bond acceptors (Lipinski definition) is 1. The molecule has 0 unspecified atom stereocenters. The summed E-state index contributed by atoms with van der Waals surface area (Å²) >= 11 is 0. The Labute approximate surface area is 103 Å². The number of carbonyl (C=O) groups is 1. The van der Waals surface area contributed by atoms with Crippen molar-refractivity contribution in [3.8, 4) is 0 Å². The number of amides is 1. The van der Waals surface area contributed by atoms with Gasteiger partial charge in [-0.05, 0) is 31.9 Å². The smallest absolute Gasteiger partial charge is 0.247 e. The van der Waals surface area contributed by atoms with Crippen molar-refractivity contribution in [2.24, 2.45) is 0 Å². The number of allylic oxidation sites excluding steroid dienone is 1. The molecule has 17 heavy (non-hydrogen) atoms. The predicted molar refractivity (Wildman–Crippen MR) is 72.7 cm³/mol. The van der Waals surface area contributed by atoms with Gasteiger partial charge in [0.1, 0.15) is 0 Å². The van der Waals surface area contributed by atoms with Crippen LogP contribution in [0.5, 0.6) is 0 Å². The second-order valence-corrected chi connectivity index (χ2v) is 4.11. The van der Waals surface area contributed by atoms with Gasteiger partial charge in [-0.25, -0.2) is 0 Å². The van der Waals surface area contributed by atoms with Crippen molar-refractivity contribution in [2.75, 3.05) is 6.54 Å². The van der Waals surface area contributed by atoms with Crippen LogP contribution in [0.3, 0.4) is 0 Å². The lowest BCUT2D eigenvalue weighted by atomic mass is 10.0. The zero-order chi connectivity index (χ0) is 12.8. The molecular weight excluding hydrogens is 210 g/mol. The van der Waals surface area contributed by atoms with Gasteiger partial charge in [0, 0.05) is 12.1 Å². The fourth-order valence-corrected chi connectivity index (χ4v) is 1.49. The van der Waals surface area contributed by atoms with Crippen molar-refractivity contribution >= 4 is 11.5 Å². The van der Waals surface area contributed by atoms with Gasteiger partial charge < -0.3 is 5.32 Å². The van der Waals surface area contributed by atoms with Crippen molar-refractivity contribution < 1.29 is 4.79 Å². The molecule has 0 saturated carbocycles. The SMILES string of the molecule is C=CCNC(=O)/C(C)=C(\C)c1ccc(C)cc1. The molecule has 0 aliphatic carbocycles. The first kappa shape index (κ1) is 13.2. The third kappa shape index (κ3) is 3.59. The minimum atomic E-state index is -0.0389. The summed E-state index contributed by atoms with van der Waals surface area (Å²) < 4.78 is 0. The standard InChI is InChI=1S/C15H19NO/c1-5-10-16-15(17)13(4)12(3)14-8-6-11(2)7-9-14/h5-9H,1,10H2,2-4H3,(H,16,17)/b13-12+. The Balaban J connectivity index is 2.92. The molecule has 0 aromatic heterocycles. The molecule has 0 aliphatic rings. The molecule has 2 heteroatoms. The molecule has 0 fully saturated rings. The largest absolute Gasteiger partial charge is 0.349 e. The van der Waals surface area contributed by atoms with E-state index in [2.05, 4.69) is 11.9 Å². The van der Waals surface area contributed by atoms with Gasteiger partial charge in [0.2, 0.25) is 5.91 Å². The fraction of sp³-hybridized carbons (Fsp3) is 0.267. The molecule has 0 bridgehead atoms. The Morgan fingerprint density at radius 2 is 1.88 bits per heavy atom. The molecule has 0 radical (unpaired) electrons. The van der Waals surface area contributed by atoms with Crippen LogP contribution in [0.25, 0.3) is 5.57 Å². The van der Waals surface area contributed by atoms with E-state index in [1.54, 1.807) is 6.08 Å². The van der Waals surface area contributed by atoms with Gasteiger partial charge in [-0.3, -0.25) is 4.79 Å². The molecule has 1 amide bonds. The lowest BCUT2D eigenvalue weighted by Crippen LogP contribution is -2.24. The van der Waals surface area contributed by atoms with Crippen molar-refractivity contribution in [1.82, 2.24) is 5.32 Å². The third-order valence-electron chi connectivity index (χ3n) is 2.79. The zero-order valence-electron chi connectivity index (χ0n) is 10.7. The van der Waals surface area contributed by atoms with Gasteiger partial charge >= 0.3 is 0 Å².